The lowest BCUT2D eigenvalue weighted by atomic mass is 10.2. The molecule has 1 aliphatic heterocycles. The fourth-order valence-corrected chi connectivity index (χ4v) is 2.50. The number of anilines is 1. The monoisotopic (exact) mass is 301 g/mol. The number of nitriles is 1. The van der Waals surface area contributed by atoms with Crippen LogP contribution in [0.4, 0.5) is 5.69 Å². The van der Waals surface area contributed by atoms with Gasteiger partial charge in [0.25, 0.3) is 0 Å². The van der Waals surface area contributed by atoms with Crippen molar-refractivity contribution in [3.63, 3.8) is 0 Å². The molecule has 0 aromatic heterocycles. The number of hydrogen-bond donors (Lipinski definition) is 2. The van der Waals surface area contributed by atoms with Crippen molar-refractivity contribution in [2.75, 3.05) is 38.1 Å². The third kappa shape index (κ3) is 3.44. The molecule has 0 atom stereocenters. The molecular formula is C15H19N5S. The summed E-state index contributed by atoms with van der Waals surface area (Å²) in [6.07, 6.45) is 0. The summed E-state index contributed by atoms with van der Waals surface area (Å²) < 4.78 is 0. The average molecular weight is 301 g/mol. The summed E-state index contributed by atoms with van der Waals surface area (Å²) in [7, 11) is 1.69. The first-order valence-corrected chi connectivity index (χ1v) is 7.25. The minimum atomic E-state index is 0.348. The Morgan fingerprint density at radius 1 is 1.24 bits per heavy atom. The Kier molecular flexibility index (Phi) is 5.01. The summed E-state index contributed by atoms with van der Waals surface area (Å²) in [6.45, 7) is 3.29. The van der Waals surface area contributed by atoms with E-state index in [1.807, 2.05) is 23.1 Å². The van der Waals surface area contributed by atoms with Gasteiger partial charge in [-0.3, -0.25) is 0 Å². The molecule has 3 N–H and O–H groups in total. The zero-order chi connectivity index (χ0) is 15.2. The first kappa shape index (κ1) is 15.1. The molecule has 0 bridgehead atoms. The molecule has 0 unspecified atom stereocenters. The van der Waals surface area contributed by atoms with Gasteiger partial charge in [0.05, 0.1) is 0 Å². The molecule has 1 heterocycles. The van der Waals surface area contributed by atoms with Gasteiger partial charge in [-0.2, -0.15) is 5.26 Å². The molecule has 0 spiro atoms. The standard InChI is InChI=1S/C15H19N5S/c1-18-15(21)13(11-16)14(17)20-9-7-19(8-10-20)12-5-3-2-4-6-12/h2-6H,7-10,17H2,1H3,(H,18,21)/b14-13+. The van der Waals surface area contributed by atoms with Crippen molar-refractivity contribution < 1.29 is 0 Å². The lowest BCUT2D eigenvalue weighted by Crippen LogP contribution is -2.48. The summed E-state index contributed by atoms with van der Waals surface area (Å²) in [5, 5.41) is 12.0. The van der Waals surface area contributed by atoms with E-state index in [1.54, 1.807) is 7.05 Å². The molecular weight excluding hydrogens is 282 g/mol. The molecule has 2 rings (SSSR count). The van der Waals surface area contributed by atoms with Gasteiger partial charge in [0.2, 0.25) is 0 Å². The SMILES string of the molecule is CNC(=S)/C(C#N)=C(\N)N1CCN(c2ccccc2)CC1. The van der Waals surface area contributed by atoms with E-state index in [9.17, 15) is 5.26 Å². The second kappa shape index (κ2) is 6.95. The Labute approximate surface area is 130 Å². The van der Waals surface area contributed by atoms with Gasteiger partial charge in [-0.25, -0.2) is 0 Å². The number of piperazine rings is 1. The second-order valence-corrected chi connectivity index (χ2v) is 5.17. The average Bonchev–Trinajstić information content (AvgIpc) is 2.56. The van der Waals surface area contributed by atoms with Crippen LogP contribution in [0.1, 0.15) is 0 Å². The summed E-state index contributed by atoms with van der Waals surface area (Å²) >= 11 is 5.11. The molecule has 1 saturated heterocycles. The number of nitrogens with zero attached hydrogens (tertiary/aromatic N) is 3. The highest BCUT2D eigenvalue weighted by Gasteiger charge is 2.20. The third-order valence-corrected chi connectivity index (χ3v) is 3.97. The predicted octanol–water partition coefficient (Wildman–Crippen LogP) is 1.05. The van der Waals surface area contributed by atoms with E-state index in [1.165, 1.54) is 5.69 Å². The van der Waals surface area contributed by atoms with Crippen LogP contribution in [-0.2, 0) is 0 Å². The maximum Gasteiger partial charge on any atom is 0.126 e. The zero-order valence-corrected chi connectivity index (χ0v) is 12.9. The minimum Gasteiger partial charge on any atom is -0.384 e. The van der Waals surface area contributed by atoms with Crippen molar-refractivity contribution >= 4 is 22.9 Å². The molecule has 6 heteroatoms. The van der Waals surface area contributed by atoms with Gasteiger partial charge in [0.15, 0.2) is 0 Å². The van der Waals surface area contributed by atoms with Crippen molar-refractivity contribution in [3.05, 3.63) is 41.7 Å². The molecule has 5 nitrogen and oxygen atoms in total. The second-order valence-electron chi connectivity index (χ2n) is 4.76. The van der Waals surface area contributed by atoms with E-state index >= 15 is 0 Å². The summed E-state index contributed by atoms with van der Waals surface area (Å²) in [5.41, 5.74) is 7.66. The van der Waals surface area contributed by atoms with Gasteiger partial charge in [0.1, 0.15) is 22.5 Å². The highest BCUT2D eigenvalue weighted by atomic mass is 32.1. The van der Waals surface area contributed by atoms with Crippen LogP contribution in [0.2, 0.25) is 0 Å². The normalized spacial score (nSPS) is 16.0. The van der Waals surface area contributed by atoms with Gasteiger partial charge < -0.3 is 20.9 Å². The van der Waals surface area contributed by atoms with E-state index in [0.29, 0.717) is 16.4 Å². The van der Waals surface area contributed by atoms with Crippen LogP contribution in [0.25, 0.3) is 0 Å². The molecule has 1 aromatic carbocycles. The zero-order valence-electron chi connectivity index (χ0n) is 12.0. The first-order valence-electron chi connectivity index (χ1n) is 6.84. The maximum absolute atomic E-state index is 9.21. The van der Waals surface area contributed by atoms with Crippen molar-refractivity contribution in [1.82, 2.24) is 10.2 Å². The van der Waals surface area contributed by atoms with Crippen LogP contribution in [-0.4, -0.2) is 43.1 Å². The van der Waals surface area contributed by atoms with Crippen LogP contribution in [0.15, 0.2) is 41.7 Å². The quantitative estimate of drug-likeness (QED) is 0.494. The van der Waals surface area contributed by atoms with Gasteiger partial charge >= 0.3 is 0 Å². The lowest BCUT2D eigenvalue weighted by molar-refractivity contribution is 0.317. The number of hydrogen-bond acceptors (Lipinski definition) is 5. The van der Waals surface area contributed by atoms with Crippen LogP contribution in [0.5, 0.6) is 0 Å². The molecule has 0 radical (unpaired) electrons. The fraction of sp³-hybridized carbons (Fsp3) is 0.333. The van der Waals surface area contributed by atoms with E-state index < -0.39 is 0 Å². The fourth-order valence-electron chi connectivity index (χ4n) is 2.35. The molecule has 110 valence electrons. The maximum atomic E-state index is 9.21. The van der Waals surface area contributed by atoms with Gasteiger partial charge in [0, 0.05) is 38.9 Å². The number of nitrogens with two attached hydrogens (primary N) is 1. The lowest BCUT2D eigenvalue weighted by Gasteiger charge is -2.37. The van der Waals surface area contributed by atoms with E-state index in [4.69, 9.17) is 18.0 Å². The van der Waals surface area contributed by atoms with Crippen LogP contribution in [0, 0.1) is 11.3 Å². The Bertz CT molecular complexity index is 567. The largest absolute Gasteiger partial charge is 0.384 e. The van der Waals surface area contributed by atoms with Crippen LogP contribution in [0.3, 0.4) is 0 Å². The molecule has 0 aliphatic carbocycles. The minimum absolute atomic E-state index is 0.348. The molecule has 21 heavy (non-hydrogen) atoms. The summed E-state index contributed by atoms with van der Waals surface area (Å²) in [6, 6.07) is 12.4. The highest BCUT2D eigenvalue weighted by Crippen LogP contribution is 2.17. The van der Waals surface area contributed by atoms with E-state index in [2.05, 4.69) is 28.4 Å². The van der Waals surface area contributed by atoms with E-state index in [-0.39, 0.29) is 0 Å². The summed E-state index contributed by atoms with van der Waals surface area (Å²) in [5.74, 6) is 0.463. The molecule has 0 amide bonds. The Balaban J connectivity index is 2.05. The molecule has 1 aliphatic rings. The Hall–Kier alpha value is -2.26. The van der Waals surface area contributed by atoms with Crippen molar-refractivity contribution in [1.29, 1.82) is 5.26 Å². The highest BCUT2D eigenvalue weighted by molar-refractivity contribution is 7.80. The van der Waals surface area contributed by atoms with Gasteiger partial charge in [-0.15, -0.1) is 0 Å². The number of thiocarbonyl (C=S) groups is 1. The van der Waals surface area contributed by atoms with Crippen molar-refractivity contribution in [2.45, 2.75) is 0 Å². The number of rotatable bonds is 3. The molecule has 1 aromatic rings. The number of nitrogens with one attached hydrogen (secondary N) is 1. The number of likely N-dealkylation sites (N-methyl/N-ethyl adjacent to an activating group) is 1. The Morgan fingerprint density at radius 2 is 1.86 bits per heavy atom. The third-order valence-electron chi connectivity index (χ3n) is 3.56. The predicted molar refractivity (Wildman–Crippen MR) is 88.7 cm³/mol. The van der Waals surface area contributed by atoms with E-state index in [0.717, 1.165) is 26.2 Å². The first-order chi connectivity index (χ1) is 10.2. The number of benzene rings is 1. The van der Waals surface area contributed by atoms with Gasteiger partial charge in [-0.1, -0.05) is 30.4 Å². The van der Waals surface area contributed by atoms with Crippen molar-refractivity contribution in [2.24, 2.45) is 5.73 Å². The molecule has 1 fully saturated rings. The summed E-state index contributed by atoms with van der Waals surface area (Å²) in [4.78, 5) is 4.72. The molecule has 0 saturated carbocycles. The van der Waals surface area contributed by atoms with Gasteiger partial charge in [-0.05, 0) is 12.1 Å². The van der Waals surface area contributed by atoms with Crippen molar-refractivity contribution in [3.8, 4) is 6.07 Å². The van der Waals surface area contributed by atoms with Crippen LogP contribution < -0.4 is 16.0 Å². The Morgan fingerprint density at radius 3 is 2.38 bits per heavy atom. The number of para-hydroxylation sites is 1. The smallest absolute Gasteiger partial charge is 0.126 e. The van der Waals surface area contributed by atoms with Crippen LogP contribution >= 0.6 is 12.2 Å². The topological polar surface area (TPSA) is 68.3 Å².